The van der Waals surface area contributed by atoms with Crippen LogP contribution in [0.3, 0.4) is 0 Å². The number of hydrogen-bond donors (Lipinski definition) is 1. The molecular formula is C20H22FN5O5S. The number of sulfonamides is 1. The van der Waals surface area contributed by atoms with E-state index in [0.717, 1.165) is 4.85 Å². The highest BCUT2D eigenvalue weighted by Crippen LogP contribution is 2.21. The highest BCUT2D eigenvalue weighted by Gasteiger charge is 2.27. The Morgan fingerprint density at radius 2 is 2.00 bits per heavy atom. The van der Waals surface area contributed by atoms with Crippen LogP contribution in [0.5, 0.6) is 0 Å². The number of amides is 1. The second kappa shape index (κ2) is 9.18. The number of ether oxygens (including phenoxy) is 1. The summed E-state index contributed by atoms with van der Waals surface area (Å²) in [4.78, 5) is 18.6. The number of carbonyl (C=O) groups is 1. The zero-order valence-electron chi connectivity index (χ0n) is 17.3. The average molecular weight is 463 g/mol. The third-order valence-corrected chi connectivity index (χ3v) is 6.93. The summed E-state index contributed by atoms with van der Waals surface area (Å²) in [6, 6.07) is 9.12. The molecule has 3 aromatic rings. The van der Waals surface area contributed by atoms with Crippen LogP contribution in [-0.4, -0.2) is 66.7 Å². The zero-order chi connectivity index (χ0) is 22.7. The molecule has 4 rings (SSSR count). The van der Waals surface area contributed by atoms with Crippen molar-refractivity contribution in [2.75, 3.05) is 32.9 Å². The molecule has 1 aromatic heterocycles. The normalized spacial score (nSPS) is 15.1. The first-order valence-electron chi connectivity index (χ1n) is 9.93. The number of carbonyl (C=O) groups excluding carboxylic acids is 1. The molecule has 1 fully saturated rings. The SMILES string of the molecule is Cc1ccc(CNC(=O)COn2nnc3ccc(S(=O)(=O)N4CCOCC4)cc32)cc1F. The lowest BCUT2D eigenvalue weighted by atomic mass is 10.1. The second-order valence-corrected chi connectivity index (χ2v) is 9.20. The lowest BCUT2D eigenvalue weighted by molar-refractivity contribution is -0.126. The van der Waals surface area contributed by atoms with E-state index >= 15 is 0 Å². The van der Waals surface area contributed by atoms with Crippen LogP contribution in [0.2, 0.25) is 0 Å². The predicted octanol–water partition coefficient (Wildman–Crippen LogP) is 0.645. The largest absolute Gasteiger partial charge is 0.385 e. The summed E-state index contributed by atoms with van der Waals surface area (Å²) < 4.78 is 46.0. The van der Waals surface area contributed by atoms with Crippen molar-refractivity contribution in [3.8, 4) is 0 Å². The molecular weight excluding hydrogens is 441 g/mol. The van der Waals surface area contributed by atoms with Crippen LogP contribution >= 0.6 is 0 Å². The predicted molar refractivity (Wildman–Crippen MR) is 112 cm³/mol. The molecule has 10 nitrogen and oxygen atoms in total. The lowest BCUT2D eigenvalue weighted by Gasteiger charge is -2.26. The maximum atomic E-state index is 13.6. The number of benzene rings is 2. The molecule has 1 aliphatic heterocycles. The van der Waals surface area contributed by atoms with Crippen molar-refractivity contribution in [3.05, 3.63) is 53.3 Å². The van der Waals surface area contributed by atoms with E-state index in [1.165, 1.54) is 28.6 Å². The Labute approximate surface area is 183 Å². The van der Waals surface area contributed by atoms with Crippen LogP contribution in [-0.2, 0) is 26.1 Å². The Hall–Kier alpha value is -3.09. The Morgan fingerprint density at radius 1 is 1.22 bits per heavy atom. The van der Waals surface area contributed by atoms with E-state index in [2.05, 4.69) is 15.6 Å². The first-order valence-corrected chi connectivity index (χ1v) is 11.4. The second-order valence-electron chi connectivity index (χ2n) is 7.26. The number of halogens is 1. The van der Waals surface area contributed by atoms with Crippen LogP contribution < -0.4 is 10.2 Å². The molecule has 0 saturated carbocycles. The molecule has 0 atom stereocenters. The number of morpholine rings is 1. The fourth-order valence-electron chi connectivity index (χ4n) is 3.19. The van der Waals surface area contributed by atoms with E-state index in [0.29, 0.717) is 35.4 Å². The summed E-state index contributed by atoms with van der Waals surface area (Å²) in [6.45, 7) is 2.65. The highest BCUT2D eigenvalue weighted by molar-refractivity contribution is 7.89. The molecule has 1 amide bonds. The lowest BCUT2D eigenvalue weighted by Crippen LogP contribution is -2.40. The van der Waals surface area contributed by atoms with Crippen LogP contribution in [0.1, 0.15) is 11.1 Å². The van der Waals surface area contributed by atoms with Crippen molar-refractivity contribution in [3.63, 3.8) is 0 Å². The van der Waals surface area contributed by atoms with Gasteiger partial charge >= 0.3 is 0 Å². The van der Waals surface area contributed by atoms with Gasteiger partial charge in [0.05, 0.1) is 18.1 Å². The molecule has 2 heterocycles. The van der Waals surface area contributed by atoms with Gasteiger partial charge in [-0.2, -0.15) is 4.31 Å². The van der Waals surface area contributed by atoms with Gasteiger partial charge in [0, 0.05) is 19.6 Å². The van der Waals surface area contributed by atoms with Gasteiger partial charge in [-0.15, -0.1) is 5.10 Å². The van der Waals surface area contributed by atoms with Crippen LogP contribution in [0.15, 0.2) is 41.3 Å². The highest BCUT2D eigenvalue weighted by atomic mass is 32.2. The monoisotopic (exact) mass is 463 g/mol. The van der Waals surface area contributed by atoms with Gasteiger partial charge in [-0.05, 0) is 47.5 Å². The van der Waals surface area contributed by atoms with Gasteiger partial charge in [-0.3, -0.25) is 4.79 Å². The van der Waals surface area contributed by atoms with Gasteiger partial charge in [-0.1, -0.05) is 17.0 Å². The Bertz CT molecular complexity index is 1240. The van der Waals surface area contributed by atoms with Gasteiger partial charge in [-0.25, -0.2) is 12.8 Å². The first-order chi connectivity index (χ1) is 15.3. The molecule has 2 aromatic carbocycles. The van der Waals surface area contributed by atoms with E-state index in [1.54, 1.807) is 19.1 Å². The molecule has 0 bridgehead atoms. The number of aryl methyl sites for hydroxylation is 1. The molecule has 1 saturated heterocycles. The molecule has 1 aliphatic rings. The molecule has 0 unspecified atom stereocenters. The molecule has 0 aliphatic carbocycles. The minimum atomic E-state index is -3.71. The van der Waals surface area contributed by atoms with Crippen LogP contribution in [0.25, 0.3) is 11.0 Å². The number of nitrogens with one attached hydrogen (secondary N) is 1. The van der Waals surface area contributed by atoms with Gasteiger partial charge in [0.25, 0.3) is 5.91 Å². The smallest absolute Gasteiger partial charge is 0.261 e. The van der Waals surface area contributed by atoms with Crippen molar-refractivity contribution in [1.29, 1.82) is 0 Å². The molecule has 0 radical (unpaired) electrons. The number of nitrogens with zero attached hydrogens (tertiary/aromatic N) is 4. The summed E-state index contributed by atoms with van der Waals surface area (Å²) in [5.41, 5.74) is 1.87. The topological polar surface area (TPSA) is 116 Å². The Kier molecular flexibility index (Phi) is 6.35. The maximum Gasteiger partial charge on any atom is 0.261 e. The van der Waals surface area contributed by atoms with E-state index in [9.17, 15) is 17.6 Å². The van der Waals surface area contributed by atoms with Gasteiger partial charge in [0.1, 0.15) is 16.9 Å². The van der Waals surface area contributed by atoms with Gasteiger partial charge < -0.3 is 14.9 Å². The minimum Gasteiger partial charge on any atom is -0.385 e. The summed E-state index contributed by atoms with van der Waals surface area (Å²) in [5.74, 6) is -0.795. The summed E-state index contributed by atoms with van der Waals surface area (Å²) >= 11 is 0. The van der Waals surface area contributed by atoms with Crippen molar-refractivity contribution in [2.24, 2.45) is 0 Å². The molecule has 12 heteroatoms. The number of fused-ring (bicyclic) bond motifs is 1. The number of aromatic nitrogens is 3. The molecule has 1 N–H and O–H groups in total. The Balaban J connectivity index is 1.42. The number of rotatable bonds is 7. The van der Waals surface area contributed by atoms with Gasteiger partial charge in [0.15, 0.2) is 6.61 Å². The van der Waals surface area contributed by atoms with E-state index in [1.807, 2.05) is 0 Å². The van der Waals surface area contributed by atoms with Crippen LogP contribution in [0.4, 0.5) is 4.39 Å². The maximum absolute atomic E-state index is 13.6. The zero-order valence-corrected chi connectivity index (χ0v) is 18.1. The molecule has 0 spiro atoms. The summed E-state index contributed by atoms with van der Waals surface area (Å²) in [6.07, 6.45) is 0. The number of hydrogen-bond acceptors (Lipinski definition) is 7. The van der Waals surface area contributed by atoms with Crippen molar-refractivity contribution >= 4 is 27.0 Å². The van der Waals surface area contributed by atoms with Crippen molar-refractivity contribution < 1.29 is 27.2 Å². The first kappa shape index (κ1) is 22.1. The third kappa shape index (κ3) is 4.71. The van der Waals surface area contributed by atoms with E-state index < -0.39 is 15.9 Å². The van der Waals surface area contributed by atoms with Crippen molar-refractivity contribution in [2.45, 2.75) is 18.4 Å². The minimum absolute atomic E-state index is 0.0740. The van der Waals surface area contributed by atoms with E-state index in [4.69, 9.17) is 9.57 Å². The quantitative estimate of drug-likeness (QED) is 0.547. The van der Waals surface area contributed by atoms with E-state index in [-0.39, 0.29) is 37.0 Å². The van der Waals surface area contributed by atoms with Crippen molar-refractivity contribution in [1.82, 2.24) is 24.8 Å². The third-order valence-electron chi connectivity index (χ3n) is 5.04. The average Bonchev–Trinajstić information content (AvgIpc) is 3.21. The van der Waals surface area contributed by atoms with Crippen LogP contribution in [0, 0.1) is 12.7 Å². The molecule has 170 valence electrons. The Morgan fingerprint density at radius 3 is 2.75 bits per heavy atom. The van der Waals surface area contributed by atoms with Gasteiger partial charge in [0.2, 0.25) is 10.0 Å². The molecule has 32 heavy (non-hydrogen) atoms. The fourth-order valence-corrected chi connectivity index (χ4v) is 4.62. The standard InChI is InChI=1S/C20H22FN5O5S/c1-14-2-3-15(10-17(14)21)12-22-20(27)13-31-26-19-11-16(4-5-18(19)23-24-26)32(28,29)25-6-8-30-9-7-25/h2-5,10-11H,6-9,12-13H2,1H3,(H,22,27). The fraction of sp³-hybridized carbons (Fsp3) is 0.350. The summed E-state index contributed by atoms with van der Waals surface area (Å²) in [7, 11) is -3.71. The summed E-state index contributed by atoms with van der Waals surface area (Å²) in [5, 5.41) is 10.4.